The standard InChI is InChI=1S/C22H23N5O2/c28-20(13-23-22(29)17-9-5-2-6-10-17)24-21-18-11-12-27(15-19(18)25-26-21)14-16-7-3-1-4-8-16/h1-10H,11-15H2,(H,23,29)(H2,24,25,26,28). The van der Waals surface area contributed by atoms with Crippen molar-refractivity contribution in [1.82, 2.24) is 20.4 Å². The molecule has 3 aromatic rings. The van der Waals surface area contributed by atoms with Crippen molar-refractivity contribution >= 4 is 17.6 Å². The third-order valence-electron chi connectivity index (χ3n) is 4.96. The van der Waals surface area contributed by atoms with Gasteiger partial charge in [-0.2, -0.15) is 5.10 Å². The molecule has 1 aliphatic rings. The Hall–Kier alpha value is -3.45. The van der Waals surface area contributed by atoms with Crippen molar-refractivity contribution in [3.05, 3.63) is 83.0 Å². The van der Waals surface area contributed by atoms with Gasteiger partial charge in [0, 0.05) is 30.8 Å². The van der Waals surface area contributed by atoms with E-state index in [4.69, 9.17) is 0 Å². The number of anilines is 1. The van der Waals surface area contributed by atoms with Gasteiger partial charge in [0.1, 0.15) is 0 Å². The van der Waals surface area contributed by atoms with Gasteiger partial charge in [-0.3, -0.25) is 19.6 Å². The van der Waals surface area contributed by atoms with Gasteiger partial charge in [-0.05, 0) is 24.1 Å². The van der Waals surface area contributed by atoms with E-state index in [9.17, 15) is 9.59 Å². The van der Waals surface area contributed by atoms with E-state index in [1.165, 1.54) is 5.56 Å². The number of H-pyrrole nitrogens is 1. The number of hydrogen-bond acceptors (Lipinski definition) is 4. The molecule has 0 bridgehead atoms. The molecule has 1 aromatic heterocycles. The summed E-state index contributed by atoms with van der Waals surface area (Å²) in [6, 6.07) is 19.2. The molecular weight excluding hydrogens is 366 g/mol. The molecule has 7 heteroatoms. The van der Waals surface area contributed by atoms with Crippen LogP contribution in [-0.2, 0) is 24.3 Å². The highest BCUT2D eigenvalue weighted by molar-refractivity contribution is 5.99. The number of carbonyl (C=O) groups excluding carboxylic acids is 2. The average Bonchev–Trinajstić information content (AvgIpc) is 3.15. The molecule has 3 N–H and O–H groups in total. The number of amides is 2. The van der Waals surface area contributed by atoms with Crippen molar-refractivity contribution in [2.24, 2.45) is 0 Å². The third kappa shape index (κ3) is 4.70. The fourth-order valence-electron chi connectivity index (χ4n) is 3.48. The number of carbonyl (C=O) groups is 2. The van der Waals surface area contributed by atoms with Gasteiger partial charge in [0.2, 0.25) is 5.91 Å². The molecule has 7 nitrogen and oxygen atoms in total. The first-order chi connectivity index (χ1) is 14.2. The van der Waals surface area contributed by atoms with Gasteiger partial charge in [0.15, 0.2) is 5.82 Å². The molecular formula is C22H23N5O2. The van der Waals surface area contributed by atoms with Crippen molar-refractivity contribution in [3.63, 3.8) is 0 Å². The van der Waals surface area contributed by atoms with Gasteiger partial charge in [-0.25, -0.2) is 0 Å². The van der Waals surface area contributed by atoms with E-state index in [2.05, 4.69) is 37.9 Å². The van der Waals surface area contributed by atoms with E-state index in [0.717, 1.165) is 37.3 Å². The zero-order chi connectivity index (χ0) is 20.1. The molecule has 0 radical (unpaired) electrons. The zero-order valence-corrected chi connectivity index (χ0v) is 16.0. The monoisotopic (exact) mass is 389 g/mol. The van der Waals surface area contributed by atoms with Crippen LogP contribution in [-0.4, -0.2) is 40.0 Å². The first kappa shape index (κ1) is 18.9. The Bertz CT molecular complexity index is 985. The lowest BCUT2D eigenvalue weighted by atomic mass is 10.1. The van der Waals surface area contributed by atoms with Crippen LogP contribution in [0.1, 0.15) is 27.2 Å². The number of aromatic amines is 1. The molecule has 0 saturated carbocycles. The van der Waals surface area contributed by atoms with Gasteiger partial charge < -0.3 is 10.6 Å². The Morgan fingerprint density at radius 3 is 2.52 bits per heavy atom. The molecule has 0 spiro atoms. The Balaban J connectivity index is 1.31. The summed E-state index contributed by atoms with van der Waals surface area (Å²) in [6.07, 6.45) is 0.810. The summed E-state index contributed by atoms with van der Waals surface area (Å²) >= 11 is 0. The van der Waals surface area contributed by atoms with Gasteiger partial charge in [-0.1, -0.05) is 48.5 Å². The van der Waals surface area contributed by atoms with Gasteiger partial charge >= 0.3 is 0 Å². The Kier molecular flexibility index (Phi) is 5.67. The highest BCUT2D eigenvalue weighted by Gasteiger charge is 2.23. The van der Waals surface area contributed by atoms with Crippen molar-refractivity contribution in [2.75, 3.05) is 18.4 Å². The van der Waals surface area contributed by atoms with E-state index >= 15 is 0 Å². The van der Waals surface area contributed by atoms with Crippen LogP contribution in [0.4, 0.5) is 5.82 Å². The topological polar surface area (TPSA) is 90.1 Å². The summed E-state index contributed by atoms with van der Waals surface area (Å²) in [5.74, 6) is -0.0185. The molecule has 2 amide bonds. The van der Waals surface area contributed by atoms with Crippen LogP contribution in [0.5, 0.6) is 0 Å². The maximum Gasteiger partial charge on any atom is 0.251 e. The number of aromatic nitrogens is 2. The molecule has 1 aliphatic heterocycles. The Morgan fingerprint density at radius 2 is 1.76 bits per heavy atom. The number of fused-ring (bicyclic) bond motifs is 1. The predicted octanol–water partition coefficient (Wildman–Crippen LogP) is 2.34. The quantitative estimate of drug-likeness (QED) is 0.604. The minimum atomic E-state index is -0.296. The maximum absolute atomic E-state index is 12.2. The summed E-state index contributed by atoms with van der Waals surface area (Å²) < 4.78 is 0. The van der Waals surface area contributed by atoms with Gasteiger partial charge in [0.25, 0.3) is 5.91 Å². The summed E-state index contributed by atoms with van der Waals surface area (Å²) in [5.41, 5.74) is 3.86. The number of nitrogens with zero attached hydrogens (tertiary/aromatic N) is 2. The van der Waals surface area contributed by atoms with E-state index in [1.54, 1.807) is 24.3 Å². The first-order valence-electron chi connectivity index (χ1n) is 9.64. The number of nitrogens with one attached hydrogen (secondary N) is 3. The lowest BCUT2D eigenvalue weighted by Gasteiger charge is -2.26. The fraction of sp³-hybridized carbons (Fsp3) is 0.227. The average molecular weight is 389 g/mol. The smallest absolute Gasteiger partial charge is 0.251 e. The zero-order valence-electron chi connectivity index (χ0n) is 16.0. The lowest BCUT2D eigenvalue weighted by Crippen LogP contribution is -2.33. The summed E-state index contributed by atoms with van der Waals surface area (Å²) in [6.45, 7) is 2.44. The van der Waals surface area contributed by atoms with Crippen molar-refractivity contribution < 1.29 is 9.59 Å². The summed E-state index contributed by atoms with van der Waals surface area (Å²) in [5, 5.41) is 12.7. The molecule has 29 heavy (non-hydrogen) atoms. The molecule has 0 aliphatic carbocycles. The van der Waals surface area contributed by atoms with Crippen LogP contribution in [0.15, 0.2) is 60.7 Å². The highest BCUT2D eigenvalue weighted by atomic mass is 16.2. The second-order valence-corrected chi connectivity index (χ2v) is 7.07. The SMILES string of the molecule is O=C(CNC(=O)c1ccccc1)Nc1n[nH]c2c1CCN(Cc1ccccc1)C2. The van der Waals surface area contributed by atoms with Gasteiger partial charge in [-0.15, -0.1) is 0 Å². The second kappa shape index (κ2) is 8.70. The minimum absolute atomic E-state index is 0.102. The fourth-order valence-corrected chi connectivity index (χ4v) is 3.48. The van der Waals surface area contributed by atoms with Crippen LogP contribution >= 0.6 is 0 Å². The molecule has 0 saturated heterocycles. The van der Waals surface area contributed by atoms with Crippen molar-refractivity contribution in [1.29, 1.82) is 0 Å². The predicted molar refractivity (Wildman–Crippen MR) is 110 cm³/mol. The minimum Gasteiger partial charge on any atom is -0.343 e. The number of hydrogen-bond donors (Lipinski definition) is 3. The van der Waals surface area contributed by atoms with E-state index < -0.39 is 0 Å². The largest absolute Gasteiger partial charge is 0.343 e. The van der Waals surface area contributed by atoms with E-state index in [-0.39, 0.29) is 18.4 Å². The molecule has 0 unspecified atom stereocenters. The van der Waals surface area contributed by atoms with Crippen molar-refractivity contribution in [3.8, 4) is 0 Å². The third-order valence-corrected chi connectivity index (χ3v) is 4.96. The van der Waals surface area contributed by atoms with E-state index in [0.29, 0.717) is 11.4 Å². The molecule has 2 heterocycles. The van der Waals surface area contributed by atoms with Crippen molar-refractivity contribution in [2.45, 2.75) is 19.5 Å². The Morgan fingerprint density at radius 1 is 1.03 bits per heavy atom. The summed E-state index contributed by atoms with van der Waals surface area (Å²) in [4.78, 5) is 26.6. The molecule has 0 atom stereocenters. The lowest BCUT2D eigenvalue weighted by molar-refractivity contribution is -0.115. The van der Waals surface area contributed by atoms with Crippen LogP contribution < -0.4 is 10.6 Å². The molecule has 148 valence electrons. The highest BCUT2D eigenvalue weighted by Crippen LogP contribution is 2.24. The molecule has 2 aromatic carbocycles. The molecule has 4 rings (SSSR count). The number of benzene rings is 2. The maximum atomic E-state index is 12.2. The number of rotatable bonds is 6. The summed E-state index contributed by atoms with van der Waals surface area (Å²) in [7, 11) is 0. The van der Waals surface area contributed by atoms with Crippen LogP contribution in [0.2, 0.25) is 0 Å². The van der Waals surface area contributed by atoms with Crippen LogP contribution in [0.25, 0.3) is 0 Å². The van der Waals surface area contributed by atoms with E-state index in [1.807, 2.05) is 24.3 Å². The second-order valence-electron chi connectivity index (χ2n) is 7.07. The van der Waals surface area contributed by atoms with Gasteiger partial charge in [0.05, 0.1) is 12.2 Å². The van der Waals surface area contributed by atoms with Crippen LogP contribution in [0.3, 0.4) is 0 Å². The first-order valence-corrected chi connectivity index (χ1v) is 9.64. The van der Waals surface area contributed by atoms with Crippen LogP contribution in [0, 0.1) is 0 Å². The molecule has 0 fully saturated rings. The Labute approximate surface area is 169 Å². The normalized spacial score (nSPS) is 13.5.